The van der Waals surface area contributed by atoms with E-state index in [-0.39, 0.29) is 23.6 Å². The van der Waals surface area contributed by atoms with Gasteiger partial charge in [-0.1, -0.05) is 17.7 Å². The molecule has 2 aliphatic rings. The van der Waals surface area contributed by atoms with Crippen molar-refractivity contribution in [2.45, 2.75) is 18.8 Å². The van der Waals surface area contributed by atoms with Crippen LogP contribution < -0.4 is 5.73 Å². The zero-order valence-electron chi connectivity index (χ0n) is 11.2. The molecule has 2 N–H and O–H groups in total. The first-order valence-corrected chi connectivity index (χ1v) is 7.42. The van der Waals surface area contributed by atoms with Gasteiger partial charge in [0.1, 0.15) is 5.82 Å². The van der Waals surface area contributed by atoms with Gasteiger partial charge in [0.2, 0.25) is 5.91 Å². The van der Waals surface area contributed by atoms with Crippen molar-refractivity contribution < 1.29 is 9.18 Å². The molecule has 1 amide bonds. The Hall–Kier alpha value is -1.13. The zero-order valence-corrected chi connectivity index (χ0v) is 11.9. The third-order valence-corrected chi connectivity index (χ3v) is 4.74. The van der Waals surface area contributed by atoms with Crippen LogP contribution in [0.2, 0.25) is 5.02 Å². The van der Waals surface area contributed by atoms with E-state index in [1.165, 1.54) is 6.07 Å². The second-order valence-electron chi connectivity index (χ2n) is 5.76. The van der Waals surface area contributed by atoms with Crippen LogP contribution in [0.25, 0.3) is 0 Å². The minimum atomic E-state index is -0.306. The quantitative estimate of drug-likeness (QED) is 0.931. The Bertz CT molecular complexity index is 516. The summed E-state index contributed by atoms with van der Waals surface area (Å²) in [7, 11) is 0. The number of halogens is 2. The van der Waals surface area contributed by atoms with E-state index in [2.05, 4.69) is 0 Å². The lowest BCUT2D eigenvalue weighted by atomic mass is 10.1. The molecule has 1 aliphatic carbocycles. The predicted octanol–water partition coefficient (Wildman–Crippen LogP) is 2.39. The van der Waals surface area contributed by atoms with E-state index in [4.69, 9.17) is 17.3 Å². The van der Waals surface area contributed by atoms with Crippen molar-refractivity contribution >= 4 is 17.5 Å². The monoisotopic (exact) mass is 296 g/mol. The summed E-state index contributed by atoms with van der Waals surface area (Å²) in [6.45, 7) is 2.13. The van der Waals surface area contributed by atoms with Gasteiger partial charge in [-0.05, 0) is 37.4 Å². The van der Waals surface area contributed by atoms with Crippen molar-refractivity contribution in [3.63, 3.8) is 0 Å². The van der Waals surface area contributed by atoms with Crippen LogP contribution in [-0.2, 0) is 4.79 Å². The molecule has 3 atom stereocenters. The van der Waals surface area contributed by atoms with Crippen molar-refractivity contribution in [2.75, 3.05) is 19.6 Å². The van der Waals surface area contributed by atoms with Gasteiger partial charge in [-0.15, -0.1) is 0 Å². The highest BCUT2D eigenvalue weighted by Crippen LogP contribution is 2.51. The molecule has 0 aromatic heterocycles. The second kappa shape index (κ2) is 5.34. The molecule has 1 aliphatic heterocycles. The van der Waals surface area contributed by atoms with Gasteiger partial charge in [0, 0.05) is 35.5 Å². The van der Waals surface area contributed by atoms with Crippen LogP contribution in [0.4, 0.5) is 4.39 Å². The maximum Gasteiger partial charge on any atom is 0.226 e. The third-order valence-electron chi connectivity index (χ3n) is 4.41. The number of carbonyl (C=O) groups is 1. The van der Waals surface area contributed by atoms with Gasteiger partial charge in [0.25, 0.3) is 0 Å². The number of benzene rings is 1. The maximum absolute atomic E-state index is 13.8. The minimum absolute atomic E-state index is 0.0619. The fraction of sp³-hybridized carbons (Fsp3) is 0.533. The Morgan fingerprint density at radius 1 is 1.50 bits per heavy atom. The molecule has 1 saturated carbocycles. The Kier molecular flexibility index (Phi) is 3.69. The largest absolute Gasteiger partial charge is 0.342 e. The van der Waals surface area contributed by atoms with Gasteiger partial charge in [-0.25, -0.2) is 4.39 Å². The second-order valence-corrected chi connectivity index (χ2v) is 6.17. The summed E-state index contributed by atoms with van der Waals surface area (Å²) in [6.07, 6.45) is 1.67. The molecule has 1 aromatic carbocycles. The Morgan fingerprint density at radius 2 is 2.30 bits per heavy atom. The van der Waals surface area contributed by atoms with Crippen LogP contribution >= 0.6 is 11.6 Å². The number of nitrogens with zero attached hydrogens (tertiary/aromatic N) is 1. The van der Waals surface area contributed by atoms with Crippen molar-refractivity contribution in [1.29, 1.82) is 0 Å². The number of hydrogen-bond acceptors (Lipinski definition) is 2. The summed E-state index contributed by atoms with van der Waals surface area (Å²) in [5.74, 6) is 0.0616. The molecule has 1 saturated heterocycles. The van der Waals surface area contributed by atoms with Gasteiger partial charge in [0.05, 0.1) is 0 Å². The molecule has 1 aromatic rings. The van der Waals surface area contributed by atoms with Crippen molar-refractivity contribution in [3.8, 4) is 0 Å². The Balaban J connectivity index is 1.69. The number of nitrogens with two attached hydrogens (primary N) is 1. The topological polar surface area (TPSA) is 46.3 Å². The molecule has 20 heavy (non-hydrogen) atoms. The van der Waals surface area contributed by atoms with Gasteiger partial charge >= 0.3 is 0 Å². The van der Waals surface area contributed by atoms with Crippen LogP contribution in [0.5, 0.6) is 0 Å². The first kappa shape index (κ1) is 13.8. The lowest BCUT2D eigenvalue weighted by Gasteiger charge is -2.16. The molecule has 3 rings (SSSR count). The molecule has 5 heteroatoms. The number of hydrogen-bond donors (Lipinski definition) is 1. The van der Waals surface area contributed by atoms with Crippen LogP contribution in [0.1, 0.15) is 24.3 Å². The first-order chi connectivity index (χ1) is 9.61. The summed E-state index contributed by atoms with van der Waals surface area (Å²) in [5.41, 5.74) is 6.14. The summed E-state index contributed by atoms with van der Waals surface area (Å²) < 4.78 is 13.8. The van der Waals surface area contributed by atoms with Crippen molar-refractivity contribution in [2.24, 2.45) is 17.6 Å². The highest BCUT2D eigenvalue weighted by Gasteiger charge is 2.48. The summed E-state index contributed by atoms with van der Waals surface area (Å²) in [4.78, 5) is 14.3. The van der Waals surface area contributed by atoms with Crippen LogP contribution in [0.15, 0.2) is 18.2 Å². The average Bonchev–Trinajstić information content (AvgIpc) is 3.05. The maximum atomic E-state index is 13.8. The number of rotatable bonds is 3. The van der Waals surface area contributed by atoms with Crippen LogP contribution in [0, 0.1) is 17.7 Å². The Morgan fingerprint density at radius 3 is 2.95 bits per heavy atom. The molecule has 0 radical (unpaired) electrons. The fourth-order valence-electron chi connectivity index (χ4n) is 3.11. The third kappa shape index (κ3) is 2.42. The highest BCUT2D eigenvalue weighted by molar-refractivity contribution is 6.31. The van der Waals surface area contributed by atoms with Crippen LogP contribution in [-0.4, -0.2) is 30.4 Å². The summed E-state index contributed by atoms with van der Waals surface area (Å²) in [6, 6.07) is 4.67. The van der Waals surface area contributed by atoms with E-state index in [1.807, 2.05) is 4.90 Å². The summed E-state index contributed by atoms with van der Waals surface area (Å²) in [5, 5.41) is 0.423. The fourth-order valence-corrected chi connectivity index (χ4v) is 3.41. The SMILES string of the molecule is NC[C@@H]1CCN(C(=O)[C@@H]2C[C@@H]2c2c(F)cccc2Cl)C1. The lowest BCUT2D eigenvalue weighted by Crippen LogP contribution is -2.31. The van der Waals surface area contributed by atoms with Gasteiger partial charge < -0.3 is 10.6 Å². The van der Waals surface area contributed by atoms with Crippen LogP contribution in [0.3, 0.4) is 0 Å². The zero-order chi connectivity index (χ0) is 14.3. The van der Waals surface area contributed by atoms with E-state index in [0.29, 0.717) is 29.5 Å². The van der Waals surface area contributed by atoms with Gasteiger partial charge in [0.15, 0.2) is 0 Å². The molecule has 2 fully saturated rings. The normalized spacial score (nSPS) is 28.8. The molecule has 0 spiro atoms. The molecule has 1 heterocycles. The molecule has 108 valence electrons. The van der Waals surface area contributed by atoms with Crippen molar-refractivity contribution in [1.82, 2.24) is 4.90 Å². The summed E-state index contributed by atoms with van der Waals surface area (Å²) >= 11 is 6.06. The van der Waals surface area contributed by atoms with E-state index in [0.717, 1.165) is 19.5 Å². The number of likely N-dealkylation sites (tertiary alicyclic amines) is 1. The number of carbonyl (C=O) groups excluding carboxylic acids is 1. The van der Waals surface area contributed by atoms with Gasteiger partial charge in [-0.3, -0.25) is 4.79 Å². The molecule has 0 unspecified atom stereocenters. The molecular formula is C15H18ClFN2O. The molecular weight excluding hydrogens is 279 g/mol. The minimum Gasteiger partial charge on any atom is -0.342 e. The molecule has 3 nitrogen and oxygen atoms in total. The van der Waals surface area contributed by atoms with Crippen molar-refractivity contribution in [3.05, 3.63) is 34.6 Å². The lowest BCUT2D eigenvalue weighted by molar-refractivity contribution is -0.131. The van der Waals surface area contributed by atoms with E-state index in [9.17, 15) is 9.18 Å². The predicted molar refractivity (Wildman–Crippen MR) is 76.0 cm³/mol. The van der Waals surface area contributed by atoms with E-state index >= 15 is 0 Å². The smallest absolute Gasteiger partial charge is 0.226 e. The highest BCUT2D eigenvalue weighted by atomic mass is 35.5. The van der Waals surface area contributed by atoms with Gasteiger partial charge in [-0.2, -0.15) is 0 Å². The first-order valence-electron chi connectivity index (χ1n) is 7.04. The Labute approximate surface area is 122 Å². The standard InChI is InChI=1S/C15H18ClFN2O/c16-12-2-1-3-13(17)14(12)10-6-11(10)15(20)19-5-4-9(7-18)8-19/h1-3,9-11H,4-8,18H2/t9-,10-,11+/m0/s1. The number of amides is 1. The average molecular weight is 297 g/mol. The molecule has 0 bridgehead atoms. The van der Waals surface area contributed by atoms with E-state index in [1.54, 1.807) is 12.1 Å². The van der Waals surface area contributed by atoms with E-state index < -0.39 is 0 Å².